The van der Waals surface area contributed by atoms with Crippen molar-refractivity contribution in [1.82, 2.24) is 0 Å². The fourth-order valence-corrected chi connectivity index (χ4v) is 1.58. The zero-order chi connectivity index (χ0) is 13.7. The highest BCUT2D eigenvalue weighted by Crippen LogP contribution is 2.27. The number of nitrogens with zero attached hydrogens (tertiary/aromatic N) is 1. The van der Waals surface area contributed by atoms with Gasteiger partial charge < -0.3 is 10.5 Å². The van der Waals surface area contributed by atoms with E-state index in [1.54, 1.807) is 6.07 Å². The fraction of sp³-hybridized carbons (Fsp3) is 0.333. The number of benzene rings is 1. The Bertz CT molecular complexity index is 496. The van der Waals surface area contributed by atoms with E-state index in [0.29, 0.717) is 5.56 Å². The summed E-state index contributed by atoms with van der Waals surface area (Å²) in [5.41, 5.74) is 5.48. The second kappa shape index (κ2) is 6.07. The van der Waals surface area contributed by atoms with Crippen LogP contribution in [-0.4, -0.2) is 13.1 Å². The maximum atomic E-state index is 12.9. The van der Waals surface area contributed by atoms with Gasteiger partial charge in [-0.2, -0.15) is 5.26 Å². The Hall–Kier alpha value is -2.00. The Morgan fingerprint density at radius 1 is 1.56 bits per heavy atom. The summed E-state index contributed by atoms with van der Waals surface area (Å²) >= 11 is 0. The van der Waals surface area contributed by atoms with Crippen LogP contribution in [-0.2, 0) is 22.5 Å². The van der Waals surface area contributed by atoms with E-state index in [-0.39, 0.29) is 29.7 Å². The summed E-state index contributed by atoms with van der Waals surface area (Å²) < 4.78 is 30.3. The number of carbonyl (C=O) groups excluding carboxylic acids is 1. The van der Waals surface area contributed by atoms with Crippen LogP contribution in [0.25, 0.3) is 0 Å². The molecule has 0 unspecified atom stereocenters. The molecule has 0 spiro atoms. The molecule has 1 aromatic rings. The van der Waals surface area contributed by atoms with Crippen molar-refractivity contribution in [3.05, 3.63) is 34.4 Å². The van der Waals surface area contributed by atoms with Gasteiger partial charge in [-0.05, 0) is 23.3 Å². The van der Waals surface area contributed by atoms with Crippen LogP contribution < -0.4 is 5.73 Å². The van der Waals surface area contributed by atoms with Crippen LogP contribution in [0.1, 0.15) is 28.7 Å². The number of nitrogens with two attached hydrogens (primary N) is 1. The van der Waals surface area contributed by atoms with Gasteiger partial charge in [0.1, 0.15) is 0 Å². The molecule has 0 aliphatic carbocycles. The molecule has 0 saturated heterocycles. The van der Waals surface area contributed by atoms with Gasteiger partial charge in [-0.3, -0.25) is 4.79 Å². The number of methoxy groups -OCH3 is 1. The highest BCUT2D eigenvalue weighted by atomic mass is 19.3. The van der Waals surface area contributed by atoms with Gasteiger partial charge in [0.15, 0.2) is 0 Å². The molecule has 0 atom stereocenters. The van der Waals surface area contributed by atoms with Gasteiger partial charge in [-0.1, -0.05) is 0 Å². The molecule has 0 saturated carbocycles. The van der Waals surface area contributed by atoms with Crippen LogP contribution in [0.4, 0.5) is 8.78 Å². The van der Waals surface area contributed by atoms with Crippen molar-refractivity contribution in [1.29, 1.82) is 5.26 Å². The van der Waals surface area contributed by atoms with E-state index in [0.717, 1.165) is 7.11 Å². The minimum absolute atomic E-state index is 0.00319. The Morgan fingerprint density at radius 3 is 2.67 bits per heavy atom. The summed E-state index contributed by atoms with van der Waals surface area (Å²) in [6, 6.07) is 4.42. The smallest absolute Gasteiger partial charge is 0.310 e. The minimum Gasteiger partial charge on any atom is -0.469 e. The highest BCUT2D eigenvalue weighted by Gasteiger charge is 2.20. The molecule has 0 bridgehead atoms. The van der Waals surface area contributed by atoms with E-state index in [4.69, 9.17) is 11.0 Å². The first-order chi connectivity index (χ1) is 8.53. The number of alkyl halides is 2. The average Bonchev–Trinajstić information content (AvgIpc) is 2.38. The molecule has 2 N–H and O–H groups in total. The Labute approximate surface area is 103 Å². The van der Waals surface area contributed by atoms with Crippen LogP contribution in [0.15, 0.2) is 12.1 Å². The second-order valence-corrected chi connectivity index (χ2v) is 3.58. The lowest BCUT2D eigenvalue weighted by Crippen LogP contribution is -2.11. The number of halogens is 2. The number of nitriles is 1. The van der Waals surface area contributed by atoms with Crippen LogP contribution in [0, 0.1) is 11.3 Å². The van der Waals surface area contributed by atoms with Crippen molar-refractivity contribution < 1.29 is 18.3 Å². The summed E-state index contributed by atoms with van der Waals surface area (Å²) in [5, 5.41) is 8.94. The van der Waals surface area contributed by atoms with Crippen LogP contribution in [0.5, 0.6) is 0 Å². The summed E-state index contributed by atoms with van der Waals surface area (Å²) in [5.74, 6) is -0.672. The predicted octanol–water partition coefficient (Wildman–Crippen LogP) is 1.67. The molecular formula is C12H12F2N2O2. The molecule has 18 heavy (non-hydrogen) atoms. The van der Waals surface area contributed by atoms with E-state index in [1.165, 1.54) is 12.1 Å². The molecule has 0 fully saturated rings. The largest absolute Gasteiger partial charge is 0.469 e. The molecule has 0 radical (unpaired) electrons. The number of hydrogen-bond acceptors (Lipinski definition) is 4. The summed E-state index contributed by atoms with van der Waals surface area (Å²) in [6.45, 7) is 0.0485. The summed E-state index contributed by atoms with van der Waals surface area (Å²) in [7, 11) is 1.16. The Morgan fingerprint density at radius 2 is 2.22 bits per heavy atom. The molecule has 0 aromatic heterocycles. The number of ether oxygens (including phenoxy) is 1. The van der Waals surface area contributed by atoms with E-state index < -0.39 is 12.4 Å². The quantitative estimate of drug-likeness (QED) is 0.829. The molecule has 6 heteroatoms. The zero-order valence-corrected chi connectivity index (χ0v) is 9.74. The van der Waals surface area contributed by atoms with E-state index in [9.17, 15) is 13.6 Å². The minimum atomic E-state index is -2.77. The third kappa shape index (κ3) is 3.02. The molecule has 96 valence electrons. The molecule has 1 rings (SSSR count). The van der Waals surface area contributed by atoms with E-state index >= 15 is 0 Å². The van der Waals surface area contributed by atoms with Gasteiger partial charge in [-0.15, -0.1) is 0 Å². The number of rotatable bonds is 4. The molecule has 0 aliphatic heterocycles. The zero-order valence-electron chi connectivity index (χ0n) is 9.74. The maximum absolute atomic E-state index is 12.9. The third-order valence-corrected chi connectivity index (χ3v) is 2.48. The number of esters is 1. The lowest BCUT2D eigenvalue weighted by Gasteiger charge is -2.12. The number of hydrogen-bond donors (Lipinski definition) is 1. The van der Waals surface area contributed by atoms with Crippen molar-refractivity contribution in [2.45, 2.75) is 19.4 Å². The molecule has 0 aliphatic rings. The molecule has 4 nitrogen and oxygen atoms in total. The second-order valence-electron chi connectivity index (χ2n) is 3.58. The average molecular weight is 254 g/mol. The van der Waals surface area contributed by atoms with Crippen LogP contribution >= 0.6 is 0 Å². The van der Waals surface area contributed by atoms with Gasteiger partial charge in [-0.25, -0.2) is 8.78 Å². The van der Waals surface area contributed by atoms with Gasteiger partial charge >= 0.3 is 5.97 Å². The van der Waals surface area contributed by atoms with Crippen molar-refractivity contribution in [2.24, 2.45) is 5.73 Å². The lowest BCUT2D eigenvalue weighted by molar-refractivity contribution is -0.139. The lowest BCUT2D eigenvalue weighted by atomic mass is 9.96. The van der Waals surface area contributed by atoms with E-state index in [1.807, 2.05) is 0 Å². The highest BCUT2D eigenvalue weighted by molar-refractivity contribution is 5.74. The normalized spacial score (nSPS) is 10.2. The van der Waals surface area contributed by atoms with Gasteiger partial charge in [0.25, 0.3) is 6.43 Å². The first kappa shape index (κ1) is 14.1. The first-order valence-corrected chi connectivity index (χ1v) is 5.14. The van der Waals surface area contributed by atoms with E-state index in [2.05, 4.69) is 4.74 Å². The SMILES string of the molecule is COC(=O)Cc1c(C#N)cc(CN)cc1C(F)F. The van der Waals surface area contributed by atoms with Gasteiger partial charge in [0.05, 0.1) is 25.2 Å². The van der Waals surface area contributed by atoms with Crippen LogP contribution in [0.2, 0.25) is 0 Å². The summed E-state index contributed by atoms with van der Waals surface area (Å²) in [4.78, 5) is 11.2. The van der Waals surface area contributed by atoms with Gasteiger partial charge in [0, 0.05) is 12.1 Å². The summed E-state index contributed by atoms with van der Waals surface area (Å²) in [6.07, 6.45) is -3.13. The molecule has 0 amide bonds. The first-order valence-electron chi connectivity index (χ1n) is 5.14. The monoisotopic (exact) mass is 254 g/mol. The topological polar surface area (TPSA) is 76.1 Å². The maximum Gasteiger partial charge on any atom is 0.310 e. The fourth-order valence-electron chi connectivity index (χ4n) is 1.58. The molecule has 0 heterocycles. The van der Waals surface area contributed by atoms with Crippen molar-refractivity contribution in [3.63, 3.8) is 0 Å². The Balaban J connectivity index is 3.36. The van der Waals surface area contributed by atoms with Crippen molar-refractivity contribution in [3.8, 4) is 6.07 Å². The number of carbonyl (C=O) groups is 1. The standard InChI is InChI=1S/C12H12F2N2O2/c1-18-11(17)4-9-8(6-16)2-7(5-15)3-10(9)12(13)14/h2-3,12H,4-5,15H2,1H3. The molecule has 1 aromatic carbocycles. The van der Waals surface area contributed by atoms with Crippen LogP contribution in [0.3, 0.4) is 0 Å². The van der Waals surface area contributed by atoms with Gasteiger partial charge in [0.2, 0.25) is 0 Å². The third-order valence-electron chi connectivity index (χ3n) is 2.48. The predicted molar refractivity (Wildman–Crippen MR) is 59.7 cm³/mol. The molecular weight excluding hydrogens is 242 g/mol. The van der Waals surface area contributed by atoms with Crippen molar-refractivity contribution in [2.75, 3.05) is 7.11 Å². The Kier molecular flexibility index (Phi) is 4.75. The van der Waals surface area contributed by atoms with Crippen molar-refractivity contribution >= 4 is 5.97 Å².